The molecule has 0 radical (unpaired) electrons. The standard InChI is InChI=1S/C33H27N/c1-23(2)24-19-21-27(22-20-24)34-30-17-9-15-28(25-11-5-3-6-12-25)32(30)33-29(16-10-18-31(33)34)26-13-7-4-8-14-26/h3-23H,1-2H3. The van der Waals surface area contributed by atoms with E-state index >= 15 is 0 Å². The molecule has 1 nitrogen and oxygen atoms in total. The highest BCUT2D eigenvalue weighted by molar-refractivity contribution is 6.20. The molecule has 5 aromatic carbocycles. The van der Waals surface area contributed by atoms with E-state index < -0.39 is 0 Å². The Morgan fingerprint density at radius 1 is 0.471 bits per heavy atom. The van der Waals surface area contributed by atoms with Crippen molar-refractivity contribution in [1.29, 1.82) is 0 Å². The minimum atomic E-state index is 0.515. The van der Waals surface area contributed by atoms with Gasteiger partial charge in [0.25, 0.3) is 0 Å². The van der Waals surface area contributed by atoms with E-state index in [1.165, 1.54) is 55.3 Å². The van der Waals surface area contributed by atoms with E-state index in [-0.39, 0.29) is 0 Å². The maximum Gasteiger partial charge on any atom is 0.0547 e. The highest BCUT2D eigenvalue weighted by Crippen LogP contribution is 2.42. The lowest BCUT2D eigenvalue weighted by Crippen LogP contribution is -1.95. The number of fused-ring (bicyclic) bond motifs is 3. The molecule has 0 aliphatic carbocycles. The molecule has 0 unspecified atom stereocenters. The fraction of sp³-hybridized carbons (Fsp3) is 0.0909. The van der Waals surface area contributed by atoms with E-state index in [1.54, 1.807) is 0 Å². The number of nitrogens with zero attached hydrogens (tertiary/aromatic N) is 1. The summed E-state index contributed by atoms with van der Waals surface area (Å²) in [6.45, 7) is 4.49. The van der Waals surface area contributed by atoms with Gasteiger partial charge < -0.3 is 4.57 Å². The lowest BCUT2D eigenvalue weighted by molar-refractivity contribution is 0.866. The van der Waals surface area contributed by atoms with Gasteiger partial charge in [0.2, 0.25) is 0 Å². The van der Waals surface area contributed by atoms with Gasteiger partial charge in [-0.3, -0.25) is 0 Å². The number of aromatic nitrogens is 1. The molecule has 0 fully saturated rings. The average molecular weight is 438 g/mol. The van der Waals surface area contributed by atoms with Gasteiger partial charge in [0, 0.05) is 16.5 Å². The Morgan fingerprint density at radius 2 is 0.941 bits per heavy atom. The Kier molecular flexibility index (Phi) is 5.04. The van der Waals surface area contributed by atoms with Crippen LogP contribution in [0.5, 0.6) is 0 Å². The van der Waals surface area contributed by atoms with Crippen molar-refractivity contribution in [2.24, 2.45) is 0 Å². The van der Waals surface area contributed by atoms with Crippen LogP contribution in [0.2, 0.25) is 0 Å². The molecular formula is C33H27N. The van der Waals surface area contributed by atoms with Crippen LogP contribution >= 0.6 is 0 Å². The van der Waals surface area contributed by atoms with Crippen molar-refractivity contribution in [3.8, 4) is 27.9 Å². The summed E-state index contributed by atoms with van der Waals surface area (Å²) in [4.78, 5) is 0. The third kappa shape index (κ3) is 3.33. The first-order valence-corrected chi connectivity index (χ1v) is 12.0. The molecule has 0 saturated carbocycles. The van der Waals surface area contributed by atoms with Gasteiger partial charge in [-0.25, -0.2) is 0 Å². The average Bonchev–Trinajstić information content (AvgIpc) is 3.24. The first kappa shape index (κ1) is 20.5. The molecule has 0 amide bonds. The van der Waals surface area contributed by atoms with Crippen molar-refractivity contribution in [2.45, 2.75) is 19.8 Å². The quantitative estimate of drug-likeness (QED) is 0.259. The van der Waals surface area contributed by atoms with E-state index in [0.717, 1.165) is 0 Å². The van der Waals surface area contributed by atoms with Gasteiger partial charge in [-0.2, -0.15) is 0 Å². The molecule has 1 heteroatoms. The van der Waals surface area contributed by atoms with Crippen LogP contribution in [0.1, 0.15) is 25.3 Å². The predicted molar refractivity (Wildman–Crippen MR) is 146 cm³/mol. The molecule has 1 heterocycles. The molecule has 6 rings (SSSR count). The van der Waals surface area contributed by atoms with Gasteiger partial charge in [0.15, 0.2) is 0 Å². The Morgan fingerprint density at radius 3 is 1.38 bits per heavy atom. The summed E-state index contributed by atoms with van der Waals surface area (Å²) in [6, 6.07) is 43.9. The molecule has 0 saturated heterocycles. The molecule has 0 aliphatic rings. The lowest BCUT2D eigenvalue weighted by atomic mass is 9.95. The van der Waals surface area contributed by atoms with Gasteiger partial charge in [0.1, 0.15) is 0 Å². The van der Waals surface area contributed by atoms with E-state index in [2.05, 4.69) is 140 Å². The number of hydrogen-bond acceptors (Lipinski definition) is 0. The van der Waals surface area contributed by atoms with Crippen LogP contribution in [-0.4, -0.2) is 4.57 Å². The van der Waals surface area contributed by atoms with Gasteiger partial charge in [-0.15, -0.1) is 0 Å². The van der Waals surface area contributed by atoms with E-state index in [1.807, 2.05) is 0 Å². The maximum atomic E-state index is 2.42. The Balaban J connectivity index is 1.75. The Labute approximate surface area is 200 Å². The monoisotopic (exact) mass is 437 g/mol. The summed E-state index contributed by atoms with van der Waals surface area (Å²) in [5.74, 6) is 0.515. The van der Waals surface area contributed by atoms with Crippen molar-refractivity contribution in [3.05, 3.63) is 127 Å². The molecule has 0 atom stereocenters. The molecular weight excluding hydrogens is 410 g/mol. The van der Waals surface area contributed by atoms with Crippen LogP contribution < -0.4 is 0 Å². The van der Waals surface area contributed by atoms with Crippen LogP contribution in [0.3, 0.4) is 0 Å². The predicted octanol–water partition coefficient (Wildman–Crippen LogP) is 9.24. The Bertz CT molecular complexity index is 1490. The summed E-state index contributed by atoms with van der Waals surface area (Å²) >= 11 is 0. The van der Waals surface area contributed by atoms with E-state index in [4.69, 9.17) is 0 Å². The van der Waals surface area contributed by atoms with Crippen molar-refractivity contribution in [1.82, 2.24) is 4.57 Å². The van der Waals surface area contributed by atoms with E-state index in [0.29, 0.717) is 5.92 Å². The van der Waals surface area contributed by atoms with Gasteiger partial charge in [-0.05, 0) is 58.0 Å². The normalized spacial score (nSPS) is 11.5. The van der Waals surface area contributed by atoms with Crippen LogP contribution in [-0.2, 0) is 0 Å². The minimum absolute atomic E-state index is 0.515. The van der Waals surface area contributed by atoms with Gasteiger partial charge in [0.05, 0.1) is 11.0 Å². The first-order valence-electron chi connectivity index (χ1n) is 12.0. The van der Waals surface area contributed by atoms with Crippen LogP contribution in [0.25, 0.3) is 49.7 Å². The third-order valence-corrected chi connectivity index (χ3v) is 6.80. The second-order valence-electron chi connectivity index (χ2n) is 9.21. The third-order valence-electron chi connectivity index (χ3n) is 6.80. The molecule has 34 heavy (non-hydrogen) atoms. The van der Waals surface area contributed by atoms with Crippen molar-refractivity contribution in [3.63, 3.8) is 0 Å². The lowest BCUT2D eigenvalue weighted by Gasteiger charge is -2.11. The van der Waals surface area contributed by atoms with E-state index in [9.17, 15) is 0 Å². The second kappa shape index (κ2) is 8.35. The zero-order chi connectivity index (χ0) is 23.1. The fourth-order valence-electron chi connectivity index (χ4n) is 5.11. The number of rotatable bonds is 4. The molecule has 0 N–H and O–H groups in total. The first-order chi connectivity index (χ1) is 16.7. The van der Waals surface area contributed by atoms with Gasteiger partial charge in [-0.1, -0.05) is 111 Å². The highest BCUT2D eigenvalue weighted by Gasteiger charge is 2.19. The summed E-state index contributed by atoms with van der Waals surface area (Å²) < 4.78 is 2.42. The molecule has 0 aliphatic heterocycles. The number of hydrogen-bond donors (Lipinski definition) is 0. The molecule has 0 bridgehead atoms. The molecule has 1 aromatic heterocycles. The van der Waals surface area contributed by atoms with Crippen molar-refractivity contribution in [2.75, 3.05) is 0 Å². The number of benzene rings is 5. The summed E-state index contributed by atoms with van der Waals surface area (Å²) in [5, 5.41) is 2.60. The fourth-order valence-corrected chi connectivity index (χ4v) is 5.11. The zero-order valence-electron chi connectivity index (χ0n) is 19.6. The van der Waals surface area contributed by atoms with Crippen molar-refractivity contribution >= 4 is 21.8 Å². The summed E-state index contributed by atoms with van der Waals surface area (Å²) in [5.41, 5.74) is 10.0. The van der Waals surface area contributed by atoms with Crippen molar-refractivity contribution < 1.29 is 0 Å². The molecule has 164 valence electrons. The SMILES string of the molecule is CC(C)c1ccc(-n2c3cccc(-c4ccccc4)c3c3c(-c4ccccc4)cccc32)cc1. The van der Waals surface area contributed by atoms with Crippen LogP contribution in [0.4, 0.5) is 0 Å². The maximum absolute atomic E-state index is 2.42. The largest absolute Gasteiger partial charge is 0.309 e. The molecule has 0 spiro atoms. The second-order valence-corrected chi connectivity index (χ2v) is 9.21. The Hall–Kier alpha value is -4.10. The summed E-state index contributed by atoms with van der Waals surface area (Å²) in [7, 11) is 0. The zero-order valence-corrected chi connectivity index (χ0v) is 19.6. The minimum Gasteiger partial charge on any atom is -0.309 e. The highest BCUT2D eigenvalue weighted by atomic mass is 15.0. The van der Waals surface area contributed by atoms with Gasteiger partial charge >= 0.3 is 0 Å². The van der Waals surface area contributed by atoms with Crippen LogP contribution in [0.15, 0.2) is 121 Å². The smallest absolute Gasteiger partial charge is 0.0547 e. The topological polar surface area (TPSA) is 4.93 Å². The molecule has 6 aromatic rings. The van der Waals surface area contributed by atoms with Crippen LogP contribution in [0, 0.1) is 0 Å². The summed E-state index contributed by atoms with van der Waals surface area (Å²) in [6.07, 6.45) is 0.